The van der Waals surface area contributed by atoms with Crippen LogP contribution >= 0.6 is 11.8 Å². The summed E-state index contributed by atoms with van der Waals surface area (Å²) in [6.07, 6.45) is 1.16. The molecule has 0 saturated heterocycles. The zero-order valence-electron chi connectivity index (χ0n) is 13.6. The molecule has 126 valence electrons. The molecule has 2 heterocycles. The van der Waals surface area contributed by atoms with Gasteiger partial charge in [-0.2, -0.15) is 4.98 Å². The Bertz CT molecular complexity index is 830. The fourth-order valence-electron chi connectivity index (χ4n) is 2.85. The van der Waals surface area contributed by atoms with Crippen LogP contribution in [-0.2, 0) is 11.8 Å². The van der Waals surface area contributed by atoms with Gasteiger partial charge in [-0.3, -0.25) is 9.59 Å². The van der Waals surface area contributed by atoms with Gasteiger partial charge in [0.25, 0.3) is 5.56 Å². The fourth-order valence-corrected chi connectivity index (χ4v) is 3.67. The molecule has 7 heteroatoms. The second-order valence-corrected chi connectivity index (χ2v) is 6.83. The van der Waals surface area contributed by atoms with E-state index in [0.717, 1.165) is 17.7 Å². The Morgan fingerprint density at radius 1 is 1.33 bits per heavy atom. The highest BCUT2D eigenvalue weighted by atomic mass is 32.2. The van der Waals surface area contributed by atoms with Gasteiger partial charge in [0, 0.05) is 25.1 Å². The number of carbonyl (C=O) groups excluding carboxylic acids is 1. The number of aromatic nitrogens is 2. The molecule has 1 amide bonds. The smallest absolute Gasteiger partial charge is 0.279 e. The Morgan fingerprint density at radius 3 is 2.71 bits per heavy atom. The van der Waals surface area contributed by atoms with Crippen LogP contribution in [-0.4, -0.2) is 26.3 Å². The van der Waals surface area contributed by atoms with Crippen molar-refractivity contribution in [3.8, 4) is 5.75 Å². The molecule has 1 aliphatic heterocycles. The van der Waals surface area contributed by atoms with Gasteiger partial charge in [-0.15, -0.1) is 0 Å². The molecule has 0 radical (unpaired) electrons. The van der Waals surface area contributed by atoms with Crippen LogP contribution in [0.25, 0.3) is 0 Å². The molecule has 0 unspecified atom stereocenters. The Morgan fingerprint density at radius 2 is 2.04 bits per heavy atom. The third-order valence-corrected chi connectivity index (χ3v) is 5.27. The van der Waals surface area contributed by atoms with E-state index in [-0.39, 0.29) is 29.6 Å². The number of nitrogens with one attached hydrogen (secondary N) is 1. The lowest BCUT2D eigenvalue weighted by Crippen LogP contribution is -2.33. The topological polar surface area (TPSA) is 84.2 Å². The Kier molecular flexibility index (Phi) is 4.62. The highest BCUT2D eigenvalue weighted by Crippen LogP contribution is 2.36. The molecule has 2 aromatic rings. The zero-order chi connectivity index (χ0) is 17.3. The van der Waals surface area contributed by atoms with Gasteiger partial charge in [-0.25, -0.2) is 0 Å². The van der Waals surface area contributed by atoms with Crippen LogP contribution in [0, 0.1) is 0 Å². The first-order chi connectivity index (χ1) is 11.5. The lowest BCUT2D eigenvalue weighted by molar-refractivity contribution is -0.116. The van der Waals surface area contributed by atoms with Crippen LogP contribution in [0.5, 0.6) is 5.75 Å². The molecule has 24 heavy (non-hydrogen) atoms. The van der Waals surface area contributed by atoms with Gasteiger partial charge < -0.3 is 15.0 Å². The summed E-state index contributed by atoms with van der Waals surface area (Å²) in [5.41, 5.74) is 1.01. The molecule has 1 aliphatic rings. The van der Waals surface area contributed by atoms with Crippen molar-refractivity contribution in [1.82, 2.24) is 9.55 Å². The number of nitrogens with zero attached hydrogens (tertiary/aromatic N) is 2. The largest absolute Gasteiger partial charge is 0.508 e. The molecule has 2 N–H and O–H groups in total. The second-order valence-electron chi connectivity index (χ2n) is 5.77. The summed E-state index contributed by atoms with van der Waals surface area (Å²) in [6.45, 7) is 2.06. The summed E-state index contributed by atoms with van der Waals surface area (Å²) >= 11 is 1.50. The predicted octanol–water partition coefficient (Wildman–Crippen LogP) is 2.46. The second kappa shape index (κ2) is 6.68. The van der Waals surface area contributed by atoms with Crippen molar-refractivity contribution < 1.29 is 9.90 Å². The number of anilines is 1. The number of fused-ring (bicyclic) bond motifs is 1. The number of thioether (sulfide) groups is 1. The molecule has 1 aromatic carbocycles. The first-order valence-electron chi connectivity index (χ1n) is 7.83. The molecular formula is C17H19N3O3S. The summed E-state index contributed by atoms with van der Waals surface area (Å²) in [4.78, 5) is 29.0. The van der Waals surface area contributed by atoms with Crippen molar-refractivity contribution in [3.05, 3.63) is 45.7 Å². The molecule has 0 fully saturated rings. The van der Waals surface area contributed by atoms with E-state index >= 15 is 0 Å². The van der Waals surface area contributed by atoms with E-state index in [2.05, 4.69) is 17.2 Å². The van der Waals surface area contributed by atoms with Crippen LogP contribution in [0.15, 0.2) is 34.2 Å². The fraction of sp³-hybridized carbons (Fsp3) is 0.353. The van der Waals surface area contributed by atoms with E-state index in [1.165, 1.54) is 11.8 Å². The maximum Gasteiger partial charge on any atom is 0.279 e. The first-order valence-corrected chi connectivity index (χ1v) is 8.82. The number of hydrogen-bond acceptors (Lipinski definition) is 5. The number of rotatable bonds is 4. The Labute approximate surface area is 143 Å². The van der Waals surface area contributed by atoms with Crippen molar-refractivity contribution in [3.63, 3.8) is 0 Å². The monoisotopic (exact) mass is 345 g/mol. The van der Waals surface area contributed by atoms with Crippen molar-refractivity contribution in [1.29, 1.82) is 0 Å². The molecule has 6 nitrogen and oxygen atoms in total. The Balaban J connectivity index is 2.12. The molecule has 3 rings (SSSR count). The molecular weight excluding hydrogens is 326 g/mol. The van der Waals surface area contributed by atoms with E-state index in [4.69, 9.17) is 0 Å². The highest BCUT2D eigenvalue weighted by molar-refractivity contribution is 7.99. The van der Waals surface area contributed by atoms with Crippen molar-refractivity contribution >= 4 is 23.5 Å². The summed E-state index contributed by atoms with van der Waals surface area (Å²) in [7, 11) is 1.81. The van der Waals surface area contributed by atoms with Gasteiger partial charge in [0.2, 0.25) is 5.91 Å². The first kappa shape index (κ1) is 16.6. The number of benzene rings is 1. The van der Waals surface area contributed by atoms with Gasteiger partial charge in [-0.05, 0) is 24.1 Å². The number of aromatic hydroxyl groups is 1. The average molecular weight is 345 g/mol. The summed E-state index contributed by atoms with van der Waals surface area (Å²) in [5.74, 6) is 1.03. The molecule has 0 spiro atoms. The van der Waals surface area contributed by atoms with Crippen LogP contribution in [0.1, 0.15) is 36.8 Å². The van der Waals surface area contributed by atoms with Crippen LogP contribution in [0.2, 0.25) is 0 Å². The Hall–Kier alpha value is -2.28. The van der Waals surface area contributed by atoms with Crippen LogP contribution < -0.4 is 10.9 Å². The minimum atomic E-state index is -0.356. The normalized spacial score (nSPS) is 16.6. The quantitative estimate of drug-likeness (QED) is 0.657. The minimum Gasteiger partial charge on any atom is -0.508 e. The summed E-state index contributed by atoms with van der Waals surface area (Å²) < 4.78 is 1.78. The van der Waals surface area contributed by atoms with Crippen molar-refractivity contribution in [2.75, 3.05) is 11.1 Å². The third-order valence-electron chi connectivity index (χ3n) is 4.03. The molecule has 0 aliphatic carbocycles. The molecule has 0 bridgehead atoms. The van der Waals surface area contributed by atoms with E-state index in [1.54, 1.807) is 28.8 Å². The van der Waals surface area contributed by atoms with E-state index in [0.29, 0.717) is 16.5 Å². The maximum absolute atomic E-state index is 12.6. The number of amides is 1. The summed E-state index contributed by atoms with van der Waals surface area (Å²) in [5, 5.41) is 12.9. The lowest BCUT2D eigenvalue weighted by Gasteiger charge is -2.27. The van der Waals surface area contributed by atoms with E-state index in [1.807, 2.05) is 7.05 Å². The van der Waals surface area contributed by atoms with Crippen LogP contribution in [0.4, 0.5) is 5.82 Å². The van der Waals surface area contributed by atoms with Gasteiger partial charge in [-0.1, -0.05) is 30.8 Å². The number of phenolic OH excluding ortho intramolecular Hbond substituents is 1. The standard InChI is InChI=1S/C17H19N3O3S/c1-3-8-24-17-19-16(23)14-12(10-4-6-11(21)7-5-10)9-13(22)18-15(14)20(17)2/h4-7,12,21H,3,8-9H2,1-2H3,(H,18,22)/t12-/m0/s1. The van der Waals surface area contributed by atoms with E-state index < -0.39 is 0 Å². The highest BCUT2D eigenvalue weighted by Gasteiger charge is 2.32. The number of carbonyl (C=O) groups is 1. The third kappa shape index (κ3) is 3.03. The van der Waals surface area contributed by atoms with Gasteiger partial charge >= 0.3 is 0 Å². The van der Waals surface area contributed by atoms with Crippen molar-refractivity contribution in [2.45, 2.75) is 30.8 Å². The summed E-state index contributed by atoms with van der Waals surface area (Å²) in [6, 6.07) is 6.60. The number of phenols is 1. The predicted molar refractivity (Wildman–Crippen MR) is 93.7 cm³/mol. The van der Waals surface area contributed by atoms with Crippen molar-refractivity contribution in [2.24, 2.45) is 7.05 Å². The molecule has 0 saturated carbocycles. The minimum absolute atomic E-state index is 0.131. The zero-order valence-corrected chi connectivity index (χ0v) is 14.4. The SMILES string of the molecule is CCCSc1nc(=O)c2c(n1C)NC(=O)C[C@H]2c1ccc(O)cc1. The van der Waals surface area contributed by atoms with Gasteiger partial charge in [0.1, 0.15) is 11.6 Å². The average Bonchev–Trinajstić information content (AvgIpc) is 2.56. The molecule has 1 atom stereocenters. The number of hydrogen-bond donors (Lipinski definition) is 2. The molecule has 1 aromatic heterocycles. The van der Waals surface area contributed by atoms with Crippen LogP contribution in [0.3, 0.4) is 0 Å². The maximum atomic E-state index is 12.6. The lowest BCUT2D eigenvalue weighted by atomic mass is 9.87. The van der Waals surface area contributed by atoms with E-state index in [9.17, 15) is 14.7 Å². The van der Waals surface area contributed by atoms with Gasteiger partial charge in [0.15, 0.2) is 5.16 Å². The van der Waals surface area contributed by atoms with Gasteiger partial charge in [0.05, 0.1) is 5.56 Å².